The Morgan fingerprint density at radius 2 is 2.15 bits per heavy atom. The number of likely N-dealkylation sites (N-methyl/N-ethyl adjacent to an activating group) is 1. The zero-order valence-corrected chi connectivity index (χ0v) is 11.4. The predicted molar refractivity (Wildman–Crippen MR) is 74.1 cm³/mol. The predicted octanol–water partition coefficient (Wildman–Crippen LogP) is 2.19. The maximum Gasteiger partial charge on any atom is 0.246 e. The zero-order valence-electron chi connectivity index (χ0n) is 11.4. The Hall–Kier alpha value is -1.75. The number of rotatable bonds is 4. The van der Waals surface area contributed by atoms with Gasteiger partial charge in [0, 0.05) is 30.8 Å². The fourth-order valence-corrected chi connectivity index (χ4v) is 2.49. The van der Waals surface area contributed by atoms with Gasteiger partial charge in [0.05, 0.1) is 0 Å². The Bertz CT molecular complexity index is 496. The molecule has 2 rings (SSSR count). The molecule has 1 fully saturated rings. The molecular weight excluding hydrogens is 262 g/mol. The highest BCUT2D eigenvalue weighted by atomic mass is 19.1. The largest absolute Gasteiger partial charge is 0.335 e. The quantitative estimate of drug-likeness (QED) is 0.857. The van der Waals surface area contributed by atoms with Gasteiger partial charge < -0.3 is 10.2 Å². The van der Waals surface area contributed by atoms with Crippen LogP contribution in [-0.2, 0) is 4.79 Å². The Kier molecular flexibility index (Phi) is 4.84. The lowest BCUT2D eigenvalue weighted by molar-refractivity contribution is -0.126. The van der Waals surface area contributed by atoms with Gasteiger partial charge in [-0.25, -0.2) is 8.78 Å². The van der Waals surface area contributed by atoms with Gasteiger partial charge in [0.2, 0.25) is 5.91 Å². The molecule has 1 unspecified atom stereocenters. The van der Waals surface area contributed by atoms with Gasteiger partial charge in [-0.1, -0.05) is 6.07 Å². The van der Waals surface area contributed by atoms with E-state index in [1.165, 1.54) is 30.4 Å². The highest BCUT2D eigenvalue weighted by Gasteiger charge is 2.26. The molecule has 1 atom stereocenters. The minimum atomic E-state index is -0.665. The lowest BCUT2D eigenvalue weighted by atomic mass is 10.1. The first kappa shape index (κ1) is 14.7. The van der Waals surface area contributed by atoms with Crippen molar-refractivity contribution in [3.8, 4) is 0 Å². The zero-order chi connectivity index (χ0) is 14.5. The van der Waals surface area contributed by atoms with E-state index in [-0.39, 0.29) is 17.5 Å². The van der Waals surface area contributed by atoms with E-state index in [1.807, 2.05) is 7.05 Å². The summed E-state index contributed by atoms with van der Waals surface area (Å²) < 4.78 is 26.9. The Morgan fingerprint density at radius 3 is 2.80 bits per heavy atom. The van der Waals surface area contributed by atoms with Crippen LogP contribution in [0.3, 0.4) is 0 Å². The Balaban J connectivity index is 2.09. The van der Waals surface area contributed by atoms with Crippen molar-refractivity contribution in [2.24, 2.45) is 0 Å². The van der Waals surface area contributed by atoms with Crippen molar-refractivity contribution in [2.75, 3.05) is 20.1 Å². The smallest absolute Gasteiger partial charge is 0.246 e. The van der Waals surface area contributed by atoms with E-state index in [0.29, 0.717) is 6.54 Å². The first-order chi connectivity index (χ1) is 9.63. The molecule has 108 valence electrons. The molecule has 1 aliphatic rings. The second kappa shape index (κ2) is 6.61. The third-order valence-corrected chi connectivity index (χ3v) is 3.49. The summed E-state index contributed by atoms with van der Waals surface area (Å²) in [5.74, 6) is -1.53. The number of amides is 1. The summed E-state index contributed by atoms with van der Waals surface area (Å²) in [7, 11) is 1.84. The van der Waals surface area contributed by atoms with Crippen LogP contribution in [0, 0.1) is 11.6 Å². The molecule has 1 aromatic rings. The Labute approximate surface area is 117 Å². The summed E-state index contributed by atoms with van der Waals surface area (Å²) in [5, 5.41) is 3.05. The highest BCUT2D eigenvalue weighted by Crippen LogP contribution is 2.18. The van der Waals surface area contributed by atoms with Crippen LogP contribution in [-0.4, -0.2) is 37.0 Å². The van der Waals surface area contributed by atoms with Gasteiger partial charge >= 0.3 is 0 Å². The molecular formula is C15H18F2N2O. The molecule has 1 amide bonds. The van der Waals surface area contributed by atoms with Crippen LogP contribution in [0.25, 0.3) is 6.08 Å². The van der Waals surface area contributed by atoms with Crippen LogP contribution < -0.4 is 5.32 Å². The summed E-state index contributed by atoms with van der Waals surface area (Å²) in [4.78, 5) is 13.8. The van der Waals surface area contributed by atoms with Gasteiger partial charge in [0.1, 0.15) is 11.6 Å². The van der Waals surface area contributed by atoms with Crippen LogP contribution in [0.2, 0.25) is 0 Å². The van der Waals surface area contributed by atoms with Gasteiger partial charge in [-0.2, -0.15) is 0 Å². The number of nitrogens with one attached hydrogen (secondary N) is 1. The molecule has 0 bridgehead atoms. The number of nitrogens with zero attached hydrogens (tertiary/aromatic N) is 1. The second-order valence-corrected chi connectivity index (χ2v) is 4.85. The van der Waals surface area contributed by atoms with Crippen LogP contribution in [0.15, 0.2) is 24.3 Å². The minimum Gasteiger partial charge on any atom is -0.335 e. The van der Waals surface area contributed by atoms with E-state index in [9.17, 15) is 13.6 Å². The highest BCUT2D eigenvalue weighted by molar-refractivity contribution is 5.92. The molecule has 1 aliphatic heterocycles. The second-order valence-electron chi connectivity index (χ2n) is 4.85. The van der Waals surface area contributed by atoms with E-state index in [1.54, 1.807) is 4.90 Å². The minimum absolute atomic E-state index is 0.155. The average Bonchev–Trinajstić information content (AvgIpc) is 2.87. The summed E-state index contributed by atoms with van der Waals surface area (Å²) in [6.07, 6.45) is 4.37. The average molecular weight is 280 g/mol. The third-order valence-electron chi connectivity index (χ3n) is 3.49. The van der Waals surface area contributed by atoms with Crippen molar-refractivity contribution in [3.63, 3.8) is 0 Å². The topological polar surface area (TPSA) is 32.3 Å². The molecule has 1 heterocycles. The summed E-state index contributed by atoms with van der Waals surface area (Å²) in [5.41, 5.74) is -0.176. The van der Waals surface area contributed by atoms with Gasteiger partial charge in [-0.05, 0) is 38.1 Å². The van der Waals surface area contributed by atoms with E-state index in [2.05, 4.69) is 5.32 Å². The molecule has 0 spiro atoms. The summed E-state index contributed by atoms with van der Waals surface area (Å²) in [6, 6.07) is 3.80. The standard InChI is InChI=1S/C15H18F2N2O/c1-18-10-11-4-3-9-19(11)15(20)8-7-12-13(16)5-2-6-14(12)17/h2,5-8,11,18H,3-4,9-10H2,1H3/b8-7+. The van der Waals surface area contributed by atoms with Gasteiger partial charge in [0.15, 0.2) is 0 Å². The monoisotopic (exact) mass is 280 g/mol. The molecule has 0 saturated carbocycles. The molecule has 0 aliphatic carbocycles. The number of carbonyl (C=O) groups excluding carboxylic acids is 1. The van der Waals surface area contributed by atoms with Crippen molar-refractivity contribution in [3.05, 3.63) is 41.5 Å². The lowest BCUT2D eigenvalue weighted by Crippen LogP contribution is -2.39. The number of halogens is 2. The number of benzene rings is 1. The molecule has 0 radical (unpaired) electrons. The van der Waals surface area contributed by atoms with Crippen LogP contribution in [0.5, 0.6) is 0 Å². The first-order valence-electron chi connectivity index (χ1n) is 6.70. The normalized spacial score (nSPS) is 18.9. The summed E-state index contributed by atoms with van der Waals surface area (Å²) in [6.45, 7) is 1.42. The lowest BCUT2D eigenvalue weighted by Gasteiger charge is -2.23. The fourth-order valence-electron chi connectivity index (χ4n) is 2.49. The van der Waals surface area contributed by atoms with Crippen molar-refractivity contribution >= 4 is 12.0 Å². The number of hydrogen-bond acceptors (Lipinski definition) is 2. The van der Waals surface area contributed by atoms with E-state index in [4.69, 9.17) is 0 Å². The SMILES string of the molecule is CNCC1CCCN1C(=O)/C=C/c1c(F)cccc1F. The van der Waals surface area contributed by atoms with Crippen molar-refractivity contribution in [2.45, 2.75) is 18.9 Å². The van der Waals surface area contributed by atoms with Crippen molar-refractivity contribution in [1.29, 1.82) is 0 Å². The van der Waals surface area contributed by atoms with E-state index < -0.39 is 11.6 Å². The van der Waals surface area contributed by atoms with Crippen LogP contribution >= 0.6 is 0 Å². The van der Waals surface area contributed by atoms with Gasteiger partial charge in [-0.3, -0.25) is 4.79 Å². The number of carbonyl (C=O) groups is 1. The van der Waals surface area contributed by atoms with Crippen molar-refractivity contribution < 1.29 is 13.6 Å². The maximum absolute atomic E-state index is 13.4. The van der Waals surface area contributed by atoms with Crippen LogP contribution in [0.4, 0.5) is 8.78 Å². The third kappa shape index (κ3) is 3.22. The molecule has 5 heteroatoms. The maximum atomic E-state index is 13.4. The molecule has 0 aromatic heterocycles. The first-order valence-corrected chi connectivity index (χ1v) is 6.70. The van der Waals surface area contributed by atoms with Gasteiger partial charge in [-0.15, -0.1) is 0 Å². The van der Waals surface area contributed by atoms with E-state index in [0.717, 1.165) is 19.4 Å². The molecule has 1 saturated heterocycles. The molecule has 1 aromatic carbocycles. The Morgan fingerprint density at radius 1 is 1.45 bits per heavy atom. The van der Waals surface area contributed by atoms with Crippen molar-refractivity contribution in [1.82, 2.24) is 10.2 Å². The molecule has 20 heavy (non-hydrogen) atoms. The number of likely N-dealkylation sites (tertiary alicyclic amines) is 1. The van der Waals surface area contributed by atoms with E-state index >= 15 is 0 Å². The van der Waals surface area contributed by atoms with Gasteiger partial charge in [0.25, 0.3) is 0 Å². The number of hydrogen-bond donors (Lipinski definition) is 1. The summed E-state index contributed by atoms with van der Waals surface area (Å²) >= 11 is 0. The fraction of sp³-hybridized carbons (Fsp3) is 0.400. The molecule has 1 N–H and O–H groups in total. The van der Waals surface area contributed by atoms with Crippen LogP contribution in [0.1, 0.15) is 18.4 Å². The molecule has 3 nitrogen and oxygen atoms in total.